The summed E-state index contributed by atoms with van der Waals surface area (Å²) < 4.78 is 14.6. The molecule has 1 atom stereocenters. The molecule has 0 aliphatic carbocycles. The molecule has 0 saturated heterocycles. The average molecular weight is 372 g/mol. The molecule has 3 nitrogen and oxygen atoms in total. The molecule has 0 spiro atoms. The van der Waals surface area contributed by atoms with Gasteiger partial charge in [0.15, 0.2) is 0 Å². The van der Waals surface area contributed by atoms with Crippen molar-refractivity contribution in [3.8, 4) is 0 Å². The van der Waals surface area contributed by atoms with Crippen LogP contribution < -0.4 is 10.6 Å². The topological polar surface area (TPSA) is 41.1 Å². The number of hydrogen-bond donors (Lipinski definition) is 2. The van der Waals surface area contributed by atoms with E-state index in [2.05, 4.69) is 26.6 Å². The van der Waals surface area contributed by atoms with Gasteiger partial charge in [0.25, 0.3) is 0 Å². The van der Waals surface area contributed by atoms with Crippen LogP contribution in [0.2, 0.25) is 5.02 Å². The van der Waals surface area contributed by atoms with Gasteiger partial charge < -0.3 is 10.6 Å². The third kappa shape index (κ3) is 4.44. The number of hydrogen-bond acceptors (Lipinski definition) is 2. The Balaban J connectivity index is 2.00. The molecule has 21 heavy (non-hydrogen) atoms. The van der Waals surface area contributed by atoms with Crippen molar-refractivity contribution in [2.24, 2.45) is 0 Å². The van der Waals surface area contributed by atoms with Crippen LogP contribution in [0.4, 0.5) is 15.8 Å². The van der Waals surface area contributed by atoms with Crippen LogP contribution in [0.1, 0.15) is 6.92 Å². The molecule has 0 heterocycles. The van der Waals surface area contributed by atoms with Crippen molar-refractivity contribution in [1.29, 1.82) is 0 Å². The Morgan fingerprint density at radius 3 is 2.52 bits per heavy atom. The Morgan fingerprint density at radius 1 is 1.24 bits per heavy atom. The lowest BCUT2D eigenvalue weighted by Gasteiger charge is -2.15. The fraction of sp³-hybridized carbons (Fsp3) is 0.133. The van der Waals surface area contributed by atoms with Crippen molar-refractivity contribution in [2.75, 3.05) is 10.6 Å². The second-order valence-corrected chi connectivity index (χ2v) is 5.84. The zero-order valence-corrected chi connectivity index (χ0v) is 13.5. The molecule has 0 bridgehead atoms. The van der Waals surface area contributed by atoms with Crippen molar-refractivity contribution in [3.05, 3.63) is 57.8 Å². The monoisotopic (exact) mass is 370 g/mol. The summed E-state index contributed by atoms with van der Waals surface area (Å²) >= 11 is 9.01. The molecule has 0 radical (unpaired) electrons. The Bertz CT molecular complexity index is 649. The van der Waals surface area contributed by atoms with Crippen molar-refractivity contribution in [3.63, 3.8) is 0 Å². The first-order valence-electron chi connectivity index (χ1n) is 6.24. The van der Waals surface area contributed by atoms with Crippen molar-refractivity contribution < 1.29 is 9.18 Å². The van der Waals surface area contributed by atoms with Gasteiger partial charge in [-0.3, -0.25) is 4.79 Å². The van der Waals surface area contributed by atoms with Crippen LogP contribution in [0.25, 0.3) is 0 Å². The minimum absolute atomic E-state index is 0.105. The van der Waals surface area contributed by atoms with Crippen molar-refractivity contribution in [1.82, 2.24) is 0 Å². The summed E-state index contributed by atoms with van der Waals surface area (Å²) in [5, 5.41) is 5.85. The fourth-order valence-corrected chi connectivity index (χ4v) is 2.12. The molecule has 2 aromatic rings. The number of nitrogens with one attached hydrogen (secondary N) is 2. The highest BCUT2D eigenvalue weighted by Crippen LogP contribution is 2.19. The number of benzene rings is 2. The van der Waals surface area contributed by atoms with E-state index in [0.717, 1.165) is 16.2 Å². The molecular weight excluding hydrogens is 359 g/mol. The summed E-state index contributed by atoms with van der Waals surface area (Å²) in [7, 11) is 0. The highest BCUT2D eigenvalue weighted by atomic mass is 79.9. The van der Waals surface area contributed by atoms with Crippen LogP contribution in [0.5, 0.6) is 0 Å². The number of carbonyl (C=O) groups excluding carboxylic acids is 1. The third-order valence-electron chi connectivity index (χ3n) is 2.81. The number of halogens is 3. The van der Waals surface area contributed by atoms with Crippen molar-refractivity contribution in [2.45, 2.75) is 13.0 Å². The number of amides is 1. The Morgan fingerprint density at radius 2 is 1.90 bits per heavy atom. The predicted molar refractivity (Wildman–Crippen MR) is 87.3 cm³/mol. The normalized spacial score (nSPS) is 11.8. The van der Waals surface area contributed by atoms with E-state index in [-0.39, 0.29) is 16.6 Å². The first kappa shape index (κ1) is 15.8. The molecule has 2 aromatic carbocycles. The maximum Gasteiger partial charge on any atom is 0.246 e. The van der Waals surface area contributed by atoms with E-state index in [1.807, 2.05) is 24.3 Å². The molecule has 0 aliphatic rings. The third-order valence-corrected chi connectivity index (χ3v) is 3.57. The molecule has 110 valence electrons. The first-order chi connectivity index (χ1) is 9.95. The molecule has 2 rings (SSSR count). The van der Waals surface area contributed by atoms with Crippen LogP contribution in [0.3, 0.4) is 0 Å². The molecule has 1 amide bonds. The zero-order valence-electron chi connectivity index (χ0n) is 11.2. The van der Waals surface area contributed by atoms with E-state index in [1.54, 1.807) is 6.92 Å². The summed E-state index contributed by atoms with van der Waals surface area (Å²) in [5.74, 6) is -0.897. The largest absolute Gasteiger partial charge is 0.374 e. The standard InChI is InChI=1S/C15H13BrClFN2O/c1-9(19-12-5-2-10(16)3-6-12)15(21)20-14-7-4-11(17)8-13(14)18/h2-9,19H,1H3,(H,20,21)/t9-/m1/s1. The lowest BCUT2D eigenvalue weighted by molar-refractivity contribution is -0.116. The summed E-state index contributed by atoms with van der Waals surface area (Å²) in [4.78, 5) is 12.0. The summed E-state index contributed by atoms with van der Waals surface area (Å²) in [5.41, 5.74) is 0.909. The predicted octanol–water partition coefficient (Wildman–Crippen LogP) is 4.68. The SMILES string of the molecule is C[C@@H](Nc1ccc(Br)cc1)C(=O)Nc1ccc(Cl)cc1F. The highest BCUT2D eigenvalue weighted by molar-refractivity contribution is 9.10. The molecular formula is C15H13BrClFN2O. The maximum absolute atomic E-state index is 13.6. The minimum Gasteiger partial charge on any atom is -0.374 e. The lowest BCUT2D eigenvalue weighted by atomic mass is 10.2. The van der Waals surface area contributed by atoms with Gasteiger partial charge in [0.2, 0.25) is 5.91 Å². The first-order valence-corrected chi connectivity index (χ1v) is 7.41. The quantitative estimate of drug-likeness (QED) is 0.819. The van der Waals surface area contributed by atoms with Gasteiger partial charge in [-0.25, -0.2) is 4.39 Å². The van der Waals surface area contributed by atoms with Crippen LogP contribution in [-0.2, 0) is 4.79 Å². The van der Waals surface area contributed by atoms with Crippen LogP contribution in [-0.4, -0.2) is 11.9 Å². The summed E-state index contributed by atoms with van der Waals surface area (Å²) in [6.45, 7) is 1.70. The molecule has 2 N–H and O–H groups in total. The average Bonchev–Trinajstić information content (AvgIpc) is 2.44. The number of anilines is 2. The zero-order chi connectivity index (χ0) is 15.4. The van der Waals surface area contributed by atoms with E-state index in [0.29, 0.717) is 0 Å². The van der Waals surface area contributed by atoms with Gasteiger partial charge in [-0.1, -0.05) is 27.5 Å². The van der Waals surface area contributed by atoms with E-state index >= 15 is 0 Å². The van der Waals surface area contributed by atoms with E-state index in [4.69, 9.17) is 11.6 Å². The minimum atomic E-state index is -0.563. The summed E-state index contributed by atoms with van der Waals surface area (Å²) in [6.07, 6.45) is 0. The molecule has 0 aromatic heterocycles. The lowest BCUT2D eigenvalue weighted by Crippen LogP contribution is -2.32. The molecule has 0 unspecified atom stereocenters. The van der Waals surface area contributed by atoms with E-state index in [1.165, 1.54) is 12.1 Å². The fourth-order valence-electron chi connectivity index (χ4n) is 1.69. The van der Waals surface area contributed by atoms with Crippen molar-refractivity contribution >= 4 is 44.8 Å². The van der Waals surface area contributed by atoms with E-state index in [9.17, 15) is 9.18 Å². The molecule has 6 heteroatoms. The van der Waals surface area contributed by atoms with Gasteiger partial charge in [-0.05, 0) is 49.4 Å². The van der Waals surface area contributed by atoms with Gasteiger partial charge in [-0.15, -0.1) is 0 Å². The highest BCUT2D eigenvalue weighted by Gasteiger charge is 2.14. The smallest absolute Gasteiger partial charge is 0.246 e. The summed E-state index contributed by atoms with van der Waals surface area (Å²) in [6, 6.07) is 11.0. The van der Waals surface area contributed by atoms with Gasteiger partial charge in [-0.2, -0.15) is 0 Å². The second-order valence-electron chi connectivity index (χ2n) is 4.49. The second kappa shape index (κ2) is 6.91. The van der Waals surface area contributed by atoms with E-state index < -0.39 is 11.9 Å². The molecule has 0 aliphatic heterocycles. The van der Waals surface area contributed by atoms with Crippen LogP contribution >= 0.6 is 27.5 Å². The Hall–Kier alpha value is -1.59. The van der Waals surface area contributed by atoms with Gasteiger partial charge in [0.1, 0.15) is 11.9 Å². The number of rotatable bonds is 4. The van der Waals surface area contributed by atoms with Gasteiger partial charge in [0.05, 0.1) is 5.69 Å². The van der Waals surface area contributed by atoms with Gasteiger partial charge in [0, 0.05) is 15.2 Å². The molecule has 0 fully saturated rings. The maximum atomic E-state index is 13.6. The number of carbonyl (C=O) groups is 1. The van der Waals surface area contributed by atoms with Crippen LogP contribution in [0.15, 0.2) is 46.9 Å². The van der Waals surface area contributed by atoms with Gasteiger partial charge >= 0.3 is 0 Å². The Labute approximate surface area is 135 Å². The van der Waals surface area contributed by atoms with Crippen LogP contribution in [0, 0.1) is 5.82 Å². The molecule has 0 saturated carbocycles. The Kier molecular flexibility index (Phi) is 5.20.